The van der Waals surface area contributed by atoms with Gasteiger partial charge in [-0.25, -0.2) is 8.42 Å². The van der Waals surface area contributed by atoms with E-state index in [1.54, 1.807) is 0 Å². The Hall–Kier alpha value is -1.15. The smallest absolute Gasteiger partial charge is 0.309 e. The fourth-order valence-electron chi connectivity index (χ4n) is 1.05. The van der Waals surface area contributed by atoms with E-state index in [0.29, 0.717) is 0 Å². The lowest BCUT2D eigenvalue weighted by atomic mass is 10.4. The van der Waals surface area contributed by atoms with Gasteiger partial charge in [-0.05, 0) is 6.92 Å². The molecule has 94 valence electrons. The minimum atomic E-state index is -3.18. The van der Waals surface area contributed by atoms with Crippen LogP contribution in [0.3, 0.4) is 0 Å². The van der Waals surface area contributed by atoms with Gasteiger partial charge in [0.1, 0.15) is 9.84 Å². The molecule has 0 aliphatic carbocycles. The minimum Gasteiger partial charge on any atom is -0.347 e. The SMILES string of the molecule is CC(CS(C)(=O)=O)NC(=O)C(=O)NCCN. The Morgan fingerprint density at radius 2 is 1.88 bits per heavy atom. The first-order chi connectivity index (χ1) is 7.26. The van der Waals surface area contributed by atoms with Crippen LogP contribution in [0.5, 0.6) is 0 Å². The predicted octanol–water partition coefficient (Wildman–Crippen LogP) is -2.39. The fraction of sp³-hybridized carbons (Fsp3) is 0.750. The number of amides is 2. The van der Waals surface area contributed by atoms with Crippen molar-refractivity contribution in [3.8, 4) is 0 Å². The molecule has 1 atom stereocenters. The van der Waals surface area contributed by atoms with Gasteiger partial charge < -0.3 is 16.4 Å². The second-order valence-electron chi connectivity index (χ2n) is 3.51. The molecule has 0 saturated heterocycles. The maximum atomic E-state index is 11.2. The van der Waals surface area contributed by atoms with Crippen LogP contribution in [0, 0.1) is 0 Å². The lowest BCUT2D eigenvalue weighted by Crippen LogP contribution is -2.46. The van der Waals surface area contributed by atoms with E-state index >= 15 is 0 Å². The average Bonchev–Trinajstić information content (AvgIpc) is 2.10. The van der Waals surface area contributed by atoms with Gasteiger partial charge in [0.25, 0.3) is 0 Å². The molecule has 0 aromatic heterocycles. The third-order valence-corrected chi connectivity index (χ3v) is 2.67. The summed E-state index contributed by atoms with van der Waals surface area (Å²) in [4.78, 5) is 22.3. The highest BCUT2D eigenvalue weighted by Crippen LogP contribution is 1.89. The molecule has 0 fully saturated rings. The number of nitrogens with two attached hydrogens (primary N) is 1. The summed E-state index contributed by atoms with van der Waals surface area (Å²) in [6, 6.07) is -0.605. The Bertz CT molecular complexity index is 352. The molecule has 0 bridgehead atoms. The monoisotopic (exact) mass is 251 g/mol. The topological polar surface area (TPSA) is 118 Å². The van der Waals surface area contributed by atoms with E-state index in [4.69, 9.17) is 5.73 Å². The van der Waals surface area contributed by atoms with Gasteiger partial charge in [0.15, 0.2) is 0 Å². The normalized spacial score (nSPS) is 12.9. The molecule has 4 N–H and O–H groups in total. The molecule has 0 radical (unpaired) electrons. The molecule has 0 aromatic rings. The fourth-order valence-corrected chi connectivity index (χ4v) is 2.04. The van der Waals surface area contributed by atoms with Crippen molar-refractivity contribution in [3.05, 3.63) is 0 Å². The summed E-state index contributed by atoms with van der Waals surface area (Å²) in [5.74, 6) is -1.88. The summed E-state index contributed by atoms with van der Waals surface area (Å²) in [7, 11) is -3.18. The molecule has 0 spiro atoms. The van der Waals surface area contributed by atoms with Gasteiger partial charge in [0, 0.05) is 25.4 Å². The Balaban J connectivity index is 4.09. The summed E-state index contributed by atoms with van der Waals surface area (Å²) in [5, 5.41) is 4.55. The van der Waals surface area contributed by atoms with E-state index in [1.807, 2.05) is 0 Å². The highest BCUT2D eigenvalue weighted by molar-refractivity contribution is 7.90. The van der Waals surface area contributed by atoms with Crippen molar-refractivity contribution in [2.75, 3.05) is 25.1 Å². The van der Waals surface area contributed by atoms with E-state index in [-0.39, 0.29) is 18.8 Å². The van der Waals surface area contributed by atoms with Crippen molar-refractivity contribution in [2.24, 2.45) is 5.73 Å². The lowest BCUT2D eigenvalue weighted by Gasteiger charge is -2.12. The van der Waals surface area contributed by atoms with E-state index in [1.165, 1.54) is 6.92 Å². The number of carbonyl (C=O) groups excluding carboxylic acids is 2. The molecule has 1 unspecified atom stereocenters. The maximum Gasteiger partial charge on any atom is 0.309 e. The Kier molecular flexibility index (Phi) is 5.97. The summed E-state index contributed by atoms with van der Waals surface area (Å²) >= 11 is 0. The highest BCUT2D eigenvalue weighted by Gasteiger charge is 2.17. The van der Waals surface area contributed by atoms with E-state index in [2.05, 4.69) is 10.6 Å². The van der Waals surface area contributed by atoms with Crippen LogP contribution in [0.4, 0.5) is 0 Å². The van der Waals surface area contributed by atoms with E-state index < -0.39 is 27.7 Å². The molecule has 0 aromatic carbocycles. The molecular weight excluding hydrogens is 234 g/mol. The highest BCUT2D eigenvalue weighted by atomic mass is 32.2. The van der Waals surface area contributed by atoms with Crippen LogP contribution >= 0.6 is 0 Å². The van der Waals surface area contributed by atoms with Gasteiger partial charge in [-0.2, -0.15) is 0 Å². The van der Waals surface area contributed by atoms with Crippen LogP contribution in [0.1, 0.15) is 6.92 Å². The summed E-state index contributed by atoms with van der Waals surface area (Å²) < 4.78 is 21.8. The zero-order valence-corrected chi connectivity index (χ0v) is 10.1. The van der Waals surface area contributed by atoms with Crippen molar-refractivity contribution >= 4 is 21.7 Å². The molecule has 0 aliphatic rings. The quantitative estimate of drug-likeness (QED) is 0.471. The Morgan fingerprint density at radius 1 is 1.31 bits per heavy atom. The largest absolute Gasteiger partial charge is 0.347 e. The number of rotatable bonds is 5. The Labute approximate surface area is 94.7 Å². The molecule has 8 heteroatoms. The van der Waals surface area contributed by atoms with Crippen LogP contribution in [0.25, 0.3) is 0 Å². The average molecular weight is 251 g/mol. The maximum absolute atomic E-state index is 11.2. The van der Waals surface area contributed by atoms with Crippen LogP contribution in [-0.2, 0) is 19.4 Å². The molecule has 0 heterocycles. The standard InChI is InChI=1S/C8H17N3O4S/c1-6(5-16(2,14)15)11-8(13)7(12)10-4-3-9/h6H,3-5,9H2,1-2H3,(H,10,12)(H,11,13). The van der Waals surface area contributed by atoms with Gasteiger partial charge >= 0.3 is 11.8 Å². The number of nitrogens with one attached hydrogen (secondary N) is 2. The van der Waals surface area contributed by atoms with Crippen LogP contribution in [0.2, 0.25) is 0 Å². The first-order valence-corrected chi connectivity index (χ1v) is 6.79. The molecule has 0 aliphatic heterocycles. The van der Waals surface area contributed by atoms with Crippen molar-refractivity contribution < 1.29 is 18.0 Å². The molecule has 16 heavy (non-hydrogen) atoms. The second-order valence-corrected chi connectivity index (χ2v) is 5.70. The molecular formula is C8H17N3O4S. The van der Waals surface area contributed by atoms with Crippen LogP contribution in [0.15, 0.2) is 0 Å². The number of hydrogen-bond acceptors (Lipinski definition) is 5. The van der Waals surface area contributed by atoms with Crippen LogP contribution < -0.4 is 16.4 Å². The Morgan fingerprint density at radius 3 is 2.31 bits per heavy atom. The molecule has 0 saturated carbocycles. The van der Waals surface area contributed by atoms with Gasteiger partial charge in [-0.1, -0.05) is 0 Å². The molecule has 7 nitrogen and oxygen atoms in total. The van der Waals surface area contributed by atoms with Crippen molar-refractivity contribution in [1.29, 1.82) is 0 Å². The number of hydrogen-bond donors (Lipinski definition) is 3. The van der Waals surface area contributed by atoms with Gasteiger partial charge in [0.05, 0.1) is 5.75 Å². The predicted molar refractivity (Wildman–Crippen MR) is 59.4 cm³/mol. The van der Waals surface area contributed by atoms with Gasteiger partial charge in [-0.3, -0.25) is 9.59 Å². The number of carbonyl (C=O) groups is 2. The lowest BCUT2D eigenvalue weighted by molar-refractivity contribution is -0.139. The molecule has 2 amide bonds. The zero-order chi connectivity index (χ0) is 12.8. The first kappa shape index (κ1) is 14.8. The van der Waals surface area contributed by atoms with Gasteiger partial charge in [0.2, 0.25) is 0 Å². The van der Waals surface area contributed by atoms with Crippen molar-refractivity contribution in [1.82, 2.24) is 10.6 Å². The van der Waals surface area contributed by atoms with Crippen molar-refractivity contribution in [3.63, 3.8) is 0 Å². The summed E-state index contributed by atoms with van der Waals surface area (Å²) in [5.41, 5.74) is 5.14. The summed E-state index contributed by atoms with van der Waals surface area (Å²) in [6.45, 7) is 1.94. The van der Waals surface area contributed by atoms with Gasteiger partial charge in [-0.15, -0.1) is 0 Å². The molecule has 0 rings (SSSR count). The van der Waals surface area contributed by atoms with E-state index in [0.717, 1.165) is 6.26 Å². The summed E-state index contributed by atoms with van der Waals surface area (Å²) in [6.07, 6.45) is 1.06. The van der Waals surface area contributed by atoms with E-state index in [9.17, 15) is 18.0 Å². The zero-order valence-electron chi connectivity index (χ0n) is 9.32. The first-order valence-electron chi connectivity index (χ1n) is 4.72. The third-order valence-electron chi connectivity index (χ3n) is 1.57. The third kappa shape index (κ3) is 7.18. The number of sulfone groups is 1. The minimum absolute atomic E-state index is 0.201. The van der Waals surface area contributed by atoms with Crippen LogP contribution in [-0.4, -0.2) is 51.4 Å². The van der Waals surface area contributed by atoms with Crippen molar-refractivity contribution in [2.45, 2.75) is 13.0 Å². The second kappa shape index (κ2) is 6.44.